The van der Waals surface area contributed by atoms with Crippen LogP contribution in [0.25, 0.3) is 11.1 Å². The lowest BCUT2D eigenvalue weighted by Gasteiger charge is -2.44. The number of hydrogen-bond donors (Lipinski definition) is 0. The molecule has 5 aromatic carbocycles. The number of aromatic nitrogens is 1. The monoisotopic (exact) mass is 840 g/mol. The molecule has 3 heterocycles. The molecule has 0 saturated carbocycles. The Hall–Kier alpha value is -4.61. The molecule has 322 valence electrons. The molecule has 62 heavy (non-hydrogen) atoms. The first-order chi connectivity index (χ1) is 28.5. The molecule has 6 aromatic rings. The van der Waals surface area contributed by atoms with Crippen LogP contribution in [-0.4, -0.2) is 11.7 Å². The molecule has 5 heteroatoms. The average molecular weight is 840 g/mol. The summed E-state index contributed by atoms with van der Waals surface area (Å²) in [6.07, 6.45) is 0. The molecule has 8 rings (SSSR count). The third-order valence-corrected chi connectivity index (χ3v) is 14.6. The first kappa shape index (κ1) is 44.0. The predicted molar refractivity (Wildman–Crippen MR) is 274 cm³/mol. The molecule has 0 atom stereocenters. The van der Waals surface area contributed by atoms with Crippen molar-refractivity contribution in [2.75, 3.05) is 9.80 Å². The Bertz CT molecular complexity index is 2680. The van der Waals surface area contributed by atoms with Crippen LogP contribution in [0.3, 0.4) is 0 Å². The Morgan fingerprint density at radius 1 is 0.419 bits per heavy atom. The molecule has 0 amide bonds. The van der Waals surface area contributed by atoms with Crippen molar-refractivity contribution in [2.45, 2.75) is 157 Å². The highest BCUT2D eigenvalue weighted by Gasteiger charge is 2.47. The minimum Gasteiger partial charge on any atom is -0.311 e. The van der Waals surface area contributed by atoms with Crippen LogP contribution in [0.2, 0.25) is 0 Å². The Morgan fingerprint density at radius 2 is 0.871 bits per heavy atom. The summed E-state index contributed by atoms with van der Waals surface area (Å²) in [5.74, 6) is 0. The van der Waals surface area contributed by atoms with Crippen molar-refractivity contribution in [3.05, 3.63) is 130 Å². The Morgan fingerprint density at radius 3 is 1.37 bits per heavy atom. The first-order valence-corrected chi connectivity index (χ1v) is 23.7. The van der Waals surface area contributed by atoms with Crippen molar-refractivity contribution in [3.63, 3.8) is 0 Å². The number of anilines is 6. The highest BCUT2D eigenvalue weighted by Crippen LogP contribution is 2.51. The van der Waals surface area contributed by atoms with E-state index in [2.05, 4.69) is 231 Å². The number of thiazole rings is 1. The zero-order valence-corrected chi connectivity index (χ0v) is 41.9. The lowest BCUT2D eigenvalue weighted by atomic mass is 9.35. The van der Waals surface area contributed by atoms with Crippen molar-refractivity contribution in [1.82, 2.24) is 4.98 Å². The summed E-state index contributed by atoms with van der Waals surface area (Å²) in [6.45, 7) is 41.7. The molecular weight excluding hydrogens is 770 g/mol. The van der Waals surface area contributed by atoms with E-state index in [1.807, 2.05) is 11.3 Å². The second-order valence-corrected chi connectivity index (χ2v) is 25.3. The normalized spacial score (nSPS) is 14.5. The lowest BCUT2D eigenvalue weighted by Crippen LogP contribution is -2.62. The van der Waals surface area contributed by atoms with Gasteiger partial charge in [0.1, 0.15) is 5.00 Å². The van der Waals surface area contributed by atoms with Gasteiger partial charge in [-0.3, -0.25) is 4.98 Å². The van der Waals surface area contributed by atoms with E-state index in [1.165, 1.54) is 83.3 Å². The molecule has 0 saturated heterocycles. The molecule has 2 aliphatic rings. The Balaban J connectivity index is 1.51. The number of benzene rings is 5. The SMILES string of the molecule is CC(C)(C)c1ccc(-c2cc(C(C)(C)C)ccc2N2c3cc(C(C)(C)C)cc4c3B(c3cc(C(C)(C)C)ccc3N4c3ccc(C(C)(C)C)cc3)c3nc(C(C)(C)C)sc32)cc1. The van der Waals surface area contributed by atoms with Crippen molar-refractivity contribution in [2.24, 2.45) is 0 Å². The summed E-state index contributed by atoms with van der Waals surface area (Å²) >= 11 is 1.88. The molecule has 3 nitrogen and oxygen atoms in total. The number of fused-ring (bicyclic) bond motifs is 4. The standard InChI is InChI=1S/C57H70BN3S/c1-52(2,3)36-21-19-35(20-22-36)42-31-38(54(7,8)9)25-29-44(42)61-47-34-40(56(13,14)15)33-46-48(47)58(49-50(61)62-51(59-49)57(16,17)18)43-32-39(55(10,11)12)26-30-45(43)60(46)41-27-23-37(24-28-41)53(4,5)6/h19-34H,1-18H3. The van der Waals surface area contributed by atoms with Gasteiger partial charge in [-0.2, -0.15) is 0 Å². The number of nitrogens with zero attached hydrogens (tertiary/aromatic N) is 3. The summed E-state index contributed by atoms with van der Waals surface area (Å²) in [5.41, 5.74) is 18.8. The molecule has 2 aliphatic heterocycles. The van der Waals surface area contributed by atoms with Gasteiger partial charge in [-0.1, -0.05) is 179 Å². The van der Waals surface area contributed by atoms with E-state index in [9.17, 15) is 0 Å². The van der Waals surface area contributed by atoms with Crippen LogP contribution in [0, 0.1) is 0 Å². The fourth-order valence-corrected chi connectivity index (χ4v) is 10.2. The maximum absolute atomic E-state index is 5.78. The zero-order chi connectivity index (χ0) is 45.3. The number of rotatable bonds is 3. The van der Waals surface area contributed by atoms with Gasteiger partial charge in [-0.05, 0) is 114 Å². The fraction of sp³-hybridized carbons (Fsp3) is 0.421. The maximum Gasteiger partial charge on any atom is 0.276 e. The topological polar surface area (TPSA) is 19.4 Å². The van der Waals surface area contributed by atoms with E-state index < -0.39 is 0 Å². The van der Waals surface area contributed by atoms with E-state index in [-0.39, 0.29) is 39.2 Å². The lowest BCUT2D eigenvalue weighted by molar-refractivity contribution is 0.586. The van der Waals surface area contributed by atoms with Gasteiger partial charge in [0.25, 0.3) is 6.71 Å². The highest BCUT2D eigenvalue weighted by atomic mass is 32.1. The third kappa shape index (κ3) is 7.75. The summed E-state index contributed by atoms with van der Waals surface area (Å²) < 4.78 is 0. The van der Waals surface area contributed by atoms with E-state index >= 15 is 0 Å². The van der Waals surface area contributed by atoms with Crippen molar-refractivity contribution in [3.8, 4) is 11.1 Å². The molecule has 0 aliphatic carbocycles. The van der Waals surface area contributed by atoms with Crippen LogP contribution in [0.1, 0.15) is 157 Å². The fourth-order valence-electron chi connectivity index (χ4n) is 9.06. The smallest absolute Gasteiger partial charge is 0.276 e. The number of hydrogen-bond acceptors (Lipinski definition) is 4. The largest absolute Gasteiger partial charge is 0.311 e. The quantitative estimate of drug-likeness (QED) is 0.165. The van der Waals surface area contributed by atoms with E-state index in [0.29, 0.717) is 0 Å². The maximum atomic E-state index is 5.78. The zero-order valence-electron chi connectivity index (χ0n) is 41.1. The van der Waals surface area contributed by atoms with Crippen LogP contribution in [0.5, 0.6) is 0 Å². The average Bonchev–Trinajstić information content (AvgIpc) is 3.62. The summed E-state index contributed by atoms with van der Waals surface area (Å²) in [5, 5.41) is 2.38. The molecule has 1 aromatic heterocycles. The van der Waals surface area contributed by atoms with Crippen molar-refractivity contribution in [1.29, 1.82) is 0 Å². The van der Waals surface area contributed by atoms with Gasteiger partial charge in [0, 0.05) is 33.7 Å². The molecule has 0 bridgehead atoms. The van der Waals surface area contributed by atoms with Crippen LogP contribution in [0.4, 0.5) is 33.4 Å². The van der Waals surface area contributed by atoms with Crippen LogP contribution < -0.4 is 26.3 Å². The first-order valence-electron chi connectivity index (χ1n) is 22.8. The molecule has 0 N–H and O–H groups in total. The van der Waals surface area contributed by atoms with E-state index in [1.54, 1.807) is 0 Å². The molecular formula is C57H70BN3S. The second kappa shape index (κ2) is 14.5. The van der Waals surface area contributed by atoms with Gasteiger partial charge in [-0.15, -0.1) is 11.3 Å². The van der Waals surface area contributed by atoms with Crippen molar-refractivity contribution < 1.29 is 0 Å². The van der Waals surface area contributed by atoms with Gasteiger partial charge in [-0.25, -0.2) is 0 Å². The summed E-state index contributed by atoms with van der Waals surface area (Å²) in [7, 11) is 0. The third-order valence-electron chi connectivity index (χ3n) is 13.1. The predicted octanol–water partition coefficient (Wildman–Crippen LogP) is 14.7. The van der Waals surface area contributed by atoms with Crippen LogP contribution in [-0.2, 0) is 32.5 Å². The van der Waals surface area contributed by atoms with Gasteiger partial charge >= 0.3 is 0 Å². The Kier molecular flexibility index (Phi) is 10.3. The summed E-state index contributed by atoms with van der Waals surface area (Å²) in [4.78, 5) is 11.0. The Labute approximate surface area is 379 Å². The highest BCUT2D eigenvalue weighted by molar-refractivity contribution is 7.19. The minimum absolute atomic E-state index is 0.0243. The van der Waals surface area contributed by atoms with E-state index in [0.717, 1.165) is 10.6 Å². The summed E-state index contributed by atoms with van der Waals surface area (Å²) in [6, 6.07) is 38.2. The van der Waals surface area contributed by atoms with Gasteiger partial charge in [0.2, 0.25) is 0 Å². The van der Waals surface area contributed by atoms with Gasteiger partial charge in [0.15, 0.2) is 0 Å². The van der Waals surface area contributed by atoms with Crippen LogP contribution >= 0.6 is 11.3 Å². The van der Waals surface area contributed by atoms with Gasteiger partial charge < -0.3 is 9.80 Å². The molecule has 0 fully saturated rings. The molecule has 0 spiro atoms. The molecule has 0 unspecified atom stereocenters. The second-order valence-electron chi connectivity index (χ2n) is 24.4. The molecule has 0 radical (unpaired) electrons. The minimum atomic E-state index is -0.132. The van der Waals surface area contributed by atoms with Gasteiger partial charge in [0.05, 0.1) is 16.3 Å². The van der Waals surface area contributed by atoms with Crippen molar-refractivity contribution >= 4 is 68.0 Å². The van der Waals surface area contributed by atoms with Crippen LogP contribution in [0.15, 0.2) is 97.1 Å². The van der Waals surface area contributed by atoms with E-state index in [4.69, 9.17) is 4.98 Å².